The lowest BCUT2D eigenvalue weighted by Gasteiger charge is -2.12. The first kappa shape index (κ1) is 12.2. The Labute approximate surface area is 281 Å². The molecule has 0 unspecified atom stereocenters. The fourth-order valence-corrected chi connectivity index (χ4v) is 0. The van der Waals surface area contributed by atoms with Gasteiger partial charge in [-0.05, 0) is 33.5 Å². The van der Waals surface area contributed by atoms with Gasteiger partial charge in [0.2, 0.25) is 0 Å². The standard InChI is InChI=1S/4C6H14.C5H12.C4H10.C3H8/c4*1-5-6(2,3)4;1-4-5(2)3;1-4(2)3;1-3-2/h4*5H2,1-4H3;5H,4H2,1-3H3;4H,1-3H3;3H2,1-2H3/i2D3,3D3,4D3,5D2;2D3,3D3,5D2;2D3,5D2;5D2;4D2;4D;3D2. The highest BCUT2D eigenvalue weighted by molar-refractivity contribution is 4.56. The first-order chi connectivity index (χ1) is 27.4. The molecule has 36 heavy (non-hydrogen) atoms. The molecule has 0 rings (SSSR count). The molecule has 0 aromatic heterocycles. The first-order valence-corrected chi connectivity index (χ1v) is 11.9. The van der Waals surface area contributed by atoms with E-state index in [2.05, 4.69) is 0 Å². The summed E-state index contributed by atoms with van der Waals surface area (Å²) in [4.78, 5) is 0. The molecular weight excluding hydrogens is 432 g/mol. The lowest BCUT2D eigenvalue weighted by molar-refractivity contribution is 0.397. The van der Waals surface area contributed by atoms with Crippen LogP contribution in [0.15, 0.2) is 0 Å². The van der Waals surface area contributed by atoms with E-state index < -0.39 is 95.6 Å². The summed E-state index contributed by atoms with van der Waals surface area (Å²) in [5, 5.41) is 0. The molecule has 0 aromatic carbocycles. The molecule has 0 aliphatic heterocycles. The molecule has 0 amide bonds. The molecule has 0 atom stereocenters. The van der Waals surface area contributed by atoms with Gasteiger partial charge >= 0.3 is 0 Å². The van der Waals surface area contributed by atoms with Crippen molar-refractivity contribution in [2.45, 2.75) is 204 Å². The lowest BCUT2D eigenvalue weighted by Crippen LogP contribution is -2.00. The minimum absolute atomic E-state index is 0.132. The fraction of sp³-hybridized carbons (Fsp3) is 1.00. The van der Waals surface area contributed by atoms with E-state index >= 15 is 0 Å². The highest BCUT2D eigenvalue weighted by Crippen LogP contribution is 2.17. The number of hydrogen-bond acceptors (Lipinski definition) is 0. The zero-order valence-electron chi connectivity index (χ0n) is 58.1. The van der Waals surface area contributed by atoms with Crippen LogP contribution in [-0.4, -0.2) is 0 Å². The van der Waals surface area contributed by atoms with Gasteiger partial charge in [0.15, 0.2) is 0 Å². The first-order valence-electron chi connectivity index (χ1n) is 27.4. The SMILES string of the molecule is [2H]C(C)(C)C.[2H]C([2H])(C)C.[2H]C([2H])(C)C(C)(C)C.[2H]C([2H])(C)C(C)C.[2H]C([2H])([2H])C(C([2H])([2H])[2H])(C([2H])([2H])[2H])C([2H])([2H])C.[2H]C([2H])([2H])C(C)(C([2H])([2H])[2H])C([2H])([2H])C.[2H]C([2H])([2H])C(C)(C)C([2H])([2H])C. The Kier molecular flexibility index (Phi) is 10.6. The molecular formula is C36H86. The van der Waals surface area contributed by atoms with Crippen LogP contribution in [0.4, 0.5) is 0 Å². The van der Waals surface area contributed by atoms with Gasteiger partial charge in [-0.25, -0.2) is 0 Å². The van der Waals surface area contributed by atoms with Crippen molar-refractivity contribution in [1.82, 2.24) is 0 Å². The quantitative estimate of drug-likeness (QED) is 0.305. The second kappa shape index (κ2) is 31.2. The van der Waals surface area contributed by atoms with Crippen LogP contribution in [0.1, 0.15) is 246 Å². The summed E-state index contributed by atoms with van der Waals surface area (Å²) in [5.74, 6) is -0.118. The maximum Gasteiger partial charge on any atom is 0.0294 e. The minimum Gasteiger partial charge on any atom is -0.0656 e. The Hall–Kier alpha value is 0. The summed E-state index contributed by atoms with van der Waals surface area (Å²) < 4.78 is 221. The summed E-state index contributed by atoms with van der Waals surface area (Å²) in [6.07, 6.45) is -9.97. The van der Waals surface area contributed by atoms with Gasteiger partial charge in [-0.15, -0.1) is 0 Å². The lowest BCUT2D eigenvalue weighted by atomic mass is 9.94. The van der Waals surface area contributed by atoms with Crippen molar-refractivity contribution in [1.29, 1.82) is 0 Å². The number of hydrogen-bond donors (Lipinski definition) is 0. The molecule has 0 saturated heterocycles. The number of rotatable bonds is 1. The van der Waals surface area contributed by atoms with E-state index in [-0.39, 0.29) is 17.2 Å². The smallest absolute Gasteiger partial charge is 0.0294 e. The topological polar surface area (TPSA) is 0 Å². The van der Waals surface area contributed by atoms with Gasteiger partial charge in [-0.3, -0.25) is 0 Å². The monoisotopic (exact) mass is 550 g/mol. The molecule has 230 valence electrons. The van der Waals surface area contributed by atoms with Crippen LogP contribution in [0.2, 0.25) is 0 Å². The zero-order chi connectivity index (χ0) is 58.1. The van der Waals surface area contributed by atoms with E-state index in [4.69, 9.17) is 42.5 Å². The van der Waals surface area contributed by atoms with Gasteiger partial charge in [0, 0.05) is 42.5 Å². The van der Waals surface area contributed by atoms with Crippen LogP contribution in [0.3, 0.4) is 0 Å². The average Bonchev–Trinajstić information content (AvgIpc) is 2.84. The minimum atomic E-state index is -3.48. The molecule has 0 radical (unpaired) electrons. The van der Waals surface area contributed by atoms with Crippen LogP contribution >= 0.6 is 0 Å². The summed E-state index contributed by atoms with van der Waals surface area (Å²) >= 11 is 0. The maximum atomic E-state index is 7.39. The van der Waals surface area contributed by atoms with Crippen molar-refractivity contribution in [2.75, 3.05) is 0 Å². The van der Waals surface area contributed by atoms with E-state index in [0.717, 1.165) is 13.8 Å². The van der Waals surface area contributed by atoms with Crippen molar-refractivity contribution in [2.24, 2.45) is 33.5 Å². The Morgan fingerprint density at radius 3 is 0.667 bits per heavy atom. The Morgan fingerprint density at radius 1 is 0.500 bits per heavy atom. The van der Waals surface area contributed by atoms with Crippen LogP contribution in [0.5, 0.6) is 0 Å². The van der Waals surface area contributed by atoms with Gasteiger partial charge in [0.1, 0.15) is 0 Å². The van der Waals surface area contributed by atoms with Gasteiger partial charge in [-0.1, -0.05) is 204 Å². The second-order valence-electron chi connectivity index (χ2n) is 10.2. The molecule has 0 nitrogen and oxygen atoms in total. The Bertz CT molecular complexity index is 1180. The normalized spacial score (nSPS) is 28.4. The van der Waals surface area contributed by atoms with E-state index in [1.54, 1.807) is 13.8 Å². The second-order valence-corrected chi connectivity index (χ2v) is 10.2. The third-order valence-corrected chi connectivity index (χ3v) is 2.83. The highest BCUT2D eigenvalue weighted by atomic mass is 14.1. The molecule has 0 aromatic rings. The molecule has 0 heterocycles. The summed E-state index contributed by atoms with van der Waals surface area (Å²) in [6.45, 7) is 9.52. The van der Waals surface area contributed by atoms with Crippen molar-refractivity contribution in [3.05, 3.63) is 0 Å². The van der Waals surface area contributed by atoms with Crippen molar-refractivity contribution >= 4 is 0 Å². The van der Waals surface area contributed by atoms with Gasteiger partial charge < -0.3 is 0 Å². The molecule has 0 aliphatic rings. The summed E-state index contributed by atoms with van der Waals surface area (Å²) in [5.41, 5.74) is -7.29. The molecule has 0 spiro atoms. The van der Waals surface area contributed by atoms with Crippen LogP contribution in [0.25, 0.3) is 0 Å². The van der Waals surface area contributed by atoms with E-state index in [1.807, 2.05) is 55.4 Å². The van der Waals surface area contributed by atoms with E-state index in [9.17, 15) is 0 Å². The van der Waals surface area contributed by atoms with Crippen molar-refractivity contribution in [3.8, 4) is 0 Å². The molecule has 0 bridgehead atoms. The Balaban J connectivity index is -0.000000131. The van der Waals surface area contributed by atoms with Crippen molar-refractivity contribution < 1.29 is 42.5 Å². The third-order valence-electron chi connectivity index (χ3n) is 2.83. The largest absolute Gasteiger partial charge is 0.0656 e. The molecule has 0 heteroatoms. The Morgan fingerprint density at radius 2 is 0.667 bits per heavy atom. The predicted molar refractivity (Wildman–Crippen MR) is 181 cm³/mol. The van der Waals surface area contributed by atoms with Crippen LogP contribution in [-0.2, 0) is 0 Å². The average molecular weight is 550 g/mol. The van der Waals surface area contributed by atoms with Crippen LogP contribution < -0.4 is 0 Å². The molecule has 0 fully saturated rings. The van der Waals surface area contributed by atoms with Gasteiger partial charge in [0.05, 0.1) is 0 Å². The molecule has 0 aliphatic carbocycles. The van der Waals surface area contributed by atoms with Gasteiger partial charge in [0.25, 0.3) is 0 Å². The van der Waals surface area contributed by atoms with Gasteiger partial charge in [-0.2, -0.15) is 0 Å². The fourth-order valence-electron chi connectivity index (χ4n) is 0. The summed E-state index contributed by atoms with van der Waals surface area (Å²) in [7, 11) is 0. The third kappa shape index (κ3) is 189. The van der Waals surface area contributed by atoms with Crippen molar-refractivity contribution in [3.63, 3.8) is 0 Å². The highest BCUT2D eigenvalue weighted by Gasteiger charge is 2.04. The van der Waals surface area contributed by atoms with E-state index in [0.29, 0.717) is 6.92 Å². The maximum absolute atomic E-state index is 7.39. The zero-order valence-corrected chi connectivity index (χ0v) is 27.1. The van der Waals surface area contributed by atoms with E-state index in [1.165, 1.54) is 34.6 Å². The molecule has 0 N–H and O–H groups in total. The summed E-state index contributed by atoms with van der Waals surface area (Å²) in [6, 6.07) is 0. The predicted octanol–water partition coefficient (Wildman–Crippen LogP) is 14.9. The van der Waals surface area contributed by atoms with Crippen LogP contribution in [0, 0.1) is 33.5 Å². The molecule has 0 saturated carbocycles.